The fourth-order valence-corrected chi connectivity index (χ4v) is 2.16. The van der Waals surface area contributed by atoms with E-state index in [0.29, 0.717) is 6.04 Å². The van der Waals surface area contributed by atoms with Crippen LogP contribution in [0.4, 0.5) is 0 Å². The van der Waals surface area contributed by atoms with Crippen LogP contribution in [0.2, 0.25) is 0 Å². The molecule has 1 atom stereocenters. The Morgan fingerprint density at radius 3 is 2.94 bits per heavy atom. The Labute approximate surface area is 97.7 Å². The number of hydrogen-bond acceptors (Lipinski definition) is 3. The Hall–Kier alpha value is -0.930. The first kappa shape index (κ1) is 11.6. The molecule has 0 bridgehead atoms. The van der Waals surface area contributed by atoms with Crippen molar-refractivity contribution in [3.63, 3.8) is 0 Å². The van der Waals surface area contributed by atoms with Crippen molar-refractivity contribution in [1.82, 2.24) is 15.6 Å². The monoisotopic (exact) mass is 219 g/mol. The average molecular weight is 219 g/mol. The molecule has 0 saturated carbocycles. The van der Waals surface area contributed by atoms with Crippen molar-refractivity contribution in [2.75, 3.05) is 19.6 Å². The van der Waals surface area contributed by atoms with Crippen molar-refractivity contribution >= 4 is 0 Å². The van der Waals surface area contributed by atoms with Crippen LogP contribution in [0.25, 0.3) is 0 Å². The molecule has 1 aromatic rings. The molecule has 2 rings (SSSR count). The summed E-state index contributed by atoms with van der Waals surface area (Å²) < 4.78 is 0. The van der Waals surface area contributed by atoms with Crippen LogP contribution >= 0.6 is 0 Å². The van der Waals surface area contributed by atoms with Gasteiger partial charge in [0.15, 0.2) is 0 Å². The molecule has 16 heavy (non-hydrogen) atoms. The summed E-state index contributed by atoms with van der Waals surface area (Å²) in [6, 6.07) is 4.85. The van der Waals surface area contributed by atoms with Crippen LogP contribution in [0.3, 0.4) is 0 Å². The molecule has 3 nitrogen and oxygen atoms in total. The maximum atomic E-state index is 4.02. The van der Waals surface area contributed by atoms with Crippen molar-refractivity contribution in [3.8, 4) is 0 Å². The molecule has 1 aromatic heterocycles. The highest BCUT2D eigenvalue weighted by atomic mass is 15.0. The number of hydrogen-bond donors (Lipinski definition) is 2. The van der Waals surface area contributed by atoms with Crippen LogP contribution in [0, 0.1) is 0 Å². The predicted molar refractivity (Wildman–Crippen MR) is 66.5 cm³/mol. The zero-order valence-corrected chi connectivity index (χ0v) is 9.78. The van der Waals surface area contributed by atoms with Crippen LogP contribution in [0.1, 0.15) is 24.8 Å². The third-order valence-electron chi connectivity index (χ3n) is 3.14. The number of nitrogens with one attached hydrogen (secondary N) is 2. The van der Waals surface area contributed by atoms with E-state index in [1.54, 1.807) is 0 Å². The van der Waals surface area contributed by atoms with Gasteiger partial charge in [-0.1, -0.05) is 6.42 Å². The first-order valence-electron chi connectivity index (χ1n) is 6.28. The number of aromatic nitrogens is 1. The van der Waals surface area contributed by atoms with Crippen LogP contribution in [-0.4, -0.2) is 30.7 Å². The normalized spacial score (nSPS) is 20.9. The van der Waals surface area contributed by atoms with Gasteiger partial charge in [-0.25, -0.2) is 0 Å². The molecule has 0 radical (unpaired) electrons. The zero-order chi connectivity index (χ0) is 11.1. The highest BCUT2D eigenvalue weighted by Crippen LogP contribution is 2.05. The Kier molecular flexibility index (Phi) is 4.77. The average Bonchev–Trinajstić information content (AvgIpc) is 2.37. The molecule has 1 aliphatic rings. The molecule has 0 aromatic carbocycles. The highest BCUT2D eigenvalue weighted by Gasteiger charge is 2.10. The lowest BCUT2D eigenvalue weighted by Gasteiger charge is -2.23. The first-order chi connectivity index (χ1) is 7.95. The summed E-state index contributed by atoms with van der Waals surface area (Å²) in [5.41, 5.74) is 1.36. The first-order valence-corrected chi connectivity index (χ1v) is 6.28. The summed E-state index contributed by atoms with van der Waals surface area (Å²) >= 11 is 0. The minimum atomic E-state index is 0.686. The smallest absolute Gasteiger partial charge is 0.0270 e. The quantitative estimate of drug-likeness (QED) is 0.734. The van der Waals surface area contributed by atoms with Gasteiger partial charge in [0.25, 0.3) is 0 Å². The second-order valence-electron chi connectivity index (χ2n) is 4.46. The number of nitrogens with zero attached hydrogens (tertiary/aromatic N) is 1. The van der Waals surface area contributed by atoms with Crippen molar-refractivity contribution in [1.29, 1.82) is 0 Å². The minimum absolute atomic E-state index is 0.686. The molecule has 2 N–H and O–H groups in total. The number of piperidine rings is 1. The summed E-state index contributed by atoms with van der Waals surface area (Å²) in [7, 11) is 0. The summed E-state index contributed by atoms with van der Waals surface area (Å²) in [6.45, 7) is 3.35. The Morgan fingerprint density at radius 2 is 2.19 bits per heavy atom. The predicted octanol–water partition coefficient (Wildman–Crippen LogP) is 1.36. The molecule has 2 heterocycles. The minimum Gasteiger partial charge on any atom is -0.315 e. The molecule has 3 heteroatoms. The summed E-state index contributed by atoms with van der Waals surface area (Å²) in [6.07, 6.45) is 8.85. The second-order valence-corrected chi connectivity index (χ2v) is 4.46. The van der Waals surface area contributed by atoms with Crippen LogP contribution in [-0.2, 0) is 6.42 Å². The Balaban J connectivity index is 1.58. The molecule has 1 unspecified atom stereocenters. The third-order valence-corrected chi connectivity index (χ3v) is 3.14. The molecular formula is C13H21N3. The molecule has 1 fully saturated rings. The van der Waals surface area contributed by atoms with Crippen molar-refractivity contribution in [2.24, 2.45) is 0 Å². The molecule has 0 aliphatic carbocycles. The van der Waals surface area contributed by atoms with E-state index in [4.69, 9.17) is 0 Å². The third kappa shape index (κ3) is 3.91. The van der Waals surface area contributed by atoms with Gasteiger partial charge < -0.3 is 10.6 Å². The summed E-state index contributed by atoms with van der Waals surface area (Å²) in [5.74, 6) is 0. The van der Waals surface area contributed by atoms with Gasteiger partial charge in [0, 0.05) is 25.0 Å². The van der Waals surface area contributed by atoms with Crippen molar-refractivity contribution in [2.45, 2.75) is 31.7 Å². The van der Waals surface area contributed by atoms with Gasteiger partial charge in [0.2, 0.25) is 0 Å². The van der Waals surface area contributed by atoms with E-state index in [2.05, 4.69) is 27.8 Å². The van der Waals surface area contributed by atoms with E-state index < -0.39 is 0 Å². The van der Waals surface area contributed by atoms with Gasteiger partial charge in [-0.3, -0.25) is 4.98 Å². The highest BCUT2D eigenvalue weighted by molar-refractivity contribution is 5.09. The van der Waals surface area contributed by atoms with E-state index in [1.807, 2.05) is 12.4 Å². The second kappa shape index (κ2) is 6.61. The van der Waals surface area contributed by atoms with E-state index in [0.717, 1.165) is 19.5 Å². The van der Waals surface area contributed by atoms with E-state index in [1.165, 1.54) is 31.4 Å². The number of pyridine rings is 1. The van der Waals surface area contributed by atoms with Gasteiger partial charge in [0.05, 0.1) is 0 Å². The van der Waals surface area contributed by atoms with E-state index in [-0.39, 0.29) is 0 Å². The fourth-order valence-electron chi connectivity index (χ4n) is 2.16. The van der Waals surface area contributed by atoms with Crippen LogP contribution in [0.5, 0.6) is 0 Å². The van der Waals surface area contributed by atoms with E-state index >= 15 is 0 Å². The van der Waals surface area contributed by atoms with Crippen LogP contribution in [0.15, 0.2) is 24.5 Å². The summed E-state index contributed by atoms with van der Waals surface area (Å²) in [5, 5.41) is 7.07. The van der Waals surface area contributed by atoms with Crippen LogP contribution < -0.4 is 10.6 Å². The largest absolute Gasteiger partial charge is 0.315 e. The summed E-state index contributed by atoms with van der Waals surface area (Å²) in [4.78, 5) is 4.02. The van der Waals surface area contributed by atoms with Crippen molar-refractivity contribution in [3.05, 3.63) is 30.1 Å². The zero-order valence-electron chi connectivity index (χ0n) is 9.78. The van der Waals surface area contributed by atoms with Gasteiger partial charge in [-0.15, -0.1) is 0 Å². The molecular weight excluding hydrogens is 198 g/mol. The molecule has 0 spiro atoms. The fraction of sp³-hybridized carbons (Fsp3) is 0.615. The Bertz CT molecular complexity index is 280. The SMILES string of the molecule is c1cc(CCNCC2CCCCN2)ccn1. The lowest BCUT2D eigenvalue weighted by atomic mass is 10.1. The molecule has 1 aliphatic heterocycles. The molecule has 1 saturated heterocycles. The lowest BCUT2D eigenvalue weighted by molar-refractivity contribution is 0.384. The molecule has 88 valence electrons. The standard InChI is InChI=1S/C13H21N3/c1-2-7-16-13(3-1)11-15-10-6-12-4-8-14-9-5-12/h4-5,8-9,13,15-16H,1-3,6-7,10-11H2. The lowest BCUT2D eigenvalue weighted by Crippen LogP contribution is -2.42. The maximum absolute atomic E-state index is 4.02. The van der Waals surface area contributed by atoms with Gasteiger partial charge >= 0.3 is 0 Å². The van der Waals surface area contributed by atoms with Crippen molar-refractivity contribution < 1.29 is 0 Å². The molecule has 0 amide bonds. The van der Waals surface area contributed by atoms with Gasteiger partial charge in [0.1, 0.15) is 0 Å². The maximum Gasteiger partial charge on any atom is 0.0270 e. The number of rotatable bonds is 5. The van der Waals surface area contributed by atoms with Gasteiger partial charge in [-0.2, -0.15) is 0 Å². The Morgan fingerprint density at radius 1 is 1.31 bits per heavy atom. The van der Waals surface area contributed by atoms with E-state index in [9.17, 15) is 0 Å². The topological polar surface area (TPSA) is 37.0 Å². The van der Waals surface area contributed by atoms with Gasteiger partial charge in [-0.05, 0) is 50.0 Å².